The lowest BCUT2D eigenvalue weighted by molar-refractivity contribution is -0.117. The van der Waals surface area contributed by atoms with Crippen LogP contribution in [0.25, 0.3) is 11.1 Å². The number of nitriles is 1. The highest BCUT2D eigenvalue weighted by atomic mass is 16.4. The summed E-state index contributed by atoms with van der Waals surface area (Å²) in [5, 5.41) is 40.2. The Morgan fingerprint density at radius 3 is 2.10 bits per heavy atom. The number of aryl methyl sites for hydroxylation is 1. The van der Waals surface area contributed by atoms with Crippen molar-refractivity contribution in [2.45, 2.75) is 20.8 Å². The summed E-state index contributed by atoms with van der Waals surface area (Å²) in [5.74, 6) is -3.31. The maximum absolute atomic E-state index is 13.0. The zero-order valence-corrected chi connectivity index (χ0v) is 22.5. The van der Waals surface area contributed by atoms with E-state index in [1.807, 2.05) is 13.0 Å². The van der Waals surface area contributed by atoms with Crippen molar-refractivity contribution in [1.29, 1.82) is 10.7 Å². The van der Waals surface area contributed by atoms with Crippen LogP contribution >= 0.6 is 0 Å². The number of carboxylic acid groups (broad SMARTS) is 1. The number of hydrogen-bond acceptors (Lipinski definition) is 7. The Labute approximate surface area is 230 Å². The van der Waals surface area contributed by atoms with E-state index in [4.69, 9.17) is 10.7 Å². The second-order valence-corrected chi connectivity index (χ2v) is 9.05. The molecular formula is C29H27N5O6. The van der Waals surface area contributed by atoms with Crippen molar-refractivity contribution < 1.29 is 29.4 Å². The summed E-state index contributed by atoms with van der Waals surface area (Å²) in [6.07, 6.45) is 0. The SMILES string of the molecule is CC(=O)N(C)c1ccc(-c2cc(O)c(C(=N)C(=O)Nc3ccc(C#N)cc3C(=O)O)cc2N(C)C(C)=O)c(C)c1. The third kappa shape index (κ3) is 5.81. The van der Waals surface area contributed by atoms with E-state index >= 15 is 0 Å². The number of rotatable bonds is 7. The van der Waals surface area contributed by atoms with Gasteiger partial charge in [0.1, 0.15) is 11.5 Å². The van der Waals surface area contributed by atoms with Gasteiger partial charge in [-0.05, 0) is 60.5 Å². The Morgan fingerprint density at radius 1 is 0.900 bits per heavy atom. The molecule has 0 radical (unpaired) electrons. The molecule has 0 atom stereocenters. The summed E-state index contributed by atoms with van der Waals surface area (Å²) in [7, 11) is 3.15. The molecular weight excluding hydrogens is 514 g/mol. The Hall–Kier alpha value is -5.50. The lowest BCUT2D eigenvalue weighted by atomic mass is 9.94. The van der Waals surface area contributed by atoms with Gasteiger partial charge in [-0.2, -0.15) is 5.26 Å². The van der Waals surface area contributed by atoms with E-state index in [2.05, 4.69) is 5.32 Å². The Bertz CT molecular complexity index is 1620. The minimum atomic E-state index is -1.38. The van der Waals surface area contributed by atoms with Crippen molar-refractivity contribution in [3.8, 4) is 22.9 Å². The minimum Gasteiger partial charge on any atom is -0.507 e. The van der Waals surface area contributed by atoms with Gasteiger partial charge in [0.05, 0.1) is 28.6 Å². The maximum Gasteiger partial charge on any atom is 0.337 e. The molecule has 0 bridgehead atoms. The fourth-order valence-electron chi connectivity index (χ4n) is 3.99. The highest BCUT2D eigenvalue weighted by Crippen LogP contribution is 2.39. The number of carboxylic acids is 1. The molecule has 3 amide bonds. The van der Waals surface area contributed by atoms with Gasteiger partial charge in [-0.3, -0.25) is 19.8 Å². The van der Waals surface area contributed by atoms with Crippen LogP contribution in [0.5, 0.6) is 5.75 Å². The summed E-state index contributed by atoms with van der Waals surface area (Å²) in [6.45, 7) is 4.59. The molecule has 0 fully saturated rings. The number of carbonyl (C=O) groups is 4. The number of aromatic hydroxyl groups is 1. The first-order valence-electron chi connectivity index (χ1n) is 11.9. The third-order valence-electron chi connectivity index (χ3n) is 6.43. The number of amides is 3. The van der Waals surface area contributed by atoms with Crippen LogP contribution in [0.4, 0.5) is 17.1 Å². The number of nitrogens with zero attached hydrogens (tertiary/aromatic N) is 3. The molecule has 0 aliphatic carbocycles. The Balaban J connectivity index is 2.08. The van der Waals surface area contributed by atoms with Crippen LogP contribution in [0.1, 0.15) is 40.9 Å². The highest BCUT2D eigenvalue weighted by molar-refractivity contribution is 6.48. The van der Waals surface area contributed by atoms with E-state index in [1.165, 1.54) is 55.0 Å². The standard InChI is InChI=1S/C29H27N5O6/c1-15-10-19(33(4)16(2)35)7-8-20(15)21-13-26(37)23(12-25(21)34(5)17(3)36)27(31)28(38)32-24-9-6-18(14-30)11-22(24)29(39)40/h6-13,31,37H,1-5H3,(H,32,38)(H,39,40). The van der Waals surface area contributed by atoms with Gasteiger partial charge in [-0.1, -0.05) is 6.07 Å². The third-order valence-corrected chi connectivity index (χ3v) is 6.43. The van der Waals surface area contributed by atoms with Crippen LogP contribution in [-0.4, -0.2) is 53.7 Å². The number of phenolic OH excluding ortho intramolecular Hbond substituents is 1. The van der Waals surface area contributed by atoms with Gasteiger partial charge >= 0.3 is 5.97 Å². The normalized spacial score (nSPS) is 10.3. The molecule has 3 rings (SSSR count). The van der Waals surface area contributed by atoms with E-state index in [0.29, 0.717) is 22.5 Å². The molecule has 40 heavy (non-hydrogen) atoms. The number of aromatic carboxylic acids is 1. The number of anilines is 3. The Morgan fingerprint density at radius 2 is 1.55 bits per heavy atom. The monoisotopic (exact) mass is 541 g/mol. The largest absolute Gasteiger partial charge is 0.507 e. The predicted molar refractivity (Wildman–Crippen MR) is 150 cm³/mol. The van der Waals surface area contributed by atoms with Crippen LogP contribution in [0, 0.1) is 23.7 Å². The molecule has 0 saturated heterocycles. The van der Waals surface area contributed by atoms with Crippen LogP contribution < -0.4 is 15.1 Å². The van der Waals surface area contributed by atoms with E-state index in [0.717, 1.165) is 11.6 Å². The number of hydrogen-bond donors (Lipinski definition) is 4. The predicted octanol–water partition coefficient (Wildman–Crippen LogP) is 3.91. The average Bonchev–Trinajstić information content (AvgIpc) is 2.91. The molecule has 0 heterocycles. The number of benzene rings is 3. The van der Waals surface area contributed by atoms with Gasteiger partial charge in [0, 0.05) is 44.8 Å². The fraction of sp³-hybridized carbons (Fsp3) is 0.172. The van der Waals surface area contributed by atoms with E-state index in [-0.39, 0.29) is 34.2 Å². The molecule has 0 aliphatic heterocycles. The van der Waals surface area contributed by atoms with Crippen LogP contribution in [0.15, 0.2) is 48.5 Å². The molecule has 0 unspecified atom stereocenters. The van der Waals surface area contributed by atoms with Gasteiger partial charge < -0.3 is 25.3 Å². The van der Waals surface area contributed by atoms with Gasteiger partial charge in [0.25, 0.3) is 5.91 Å². The first kappa shape index (κ1) is 29.1. The molecule has 0 aliphatic rings. The van der Waals surface area contributed by atoms with Crippen LogP contribution in [0.2, 0.25) is 0 Å². The van der Waals surface area contributed by atoms with E-state index in [9.17, 15) is 29.4 Å². The topological polar surface area (TPSA) is 175 Å². The molecule has 11 nitrogen and oxygen atoms in total. The first-order valence-corrected chi connectivity index (χ1v) is 11.9. The number of nitrogens with one attached hydrogen (secondary N) is 2. The summed E-state index contributed by atoms with van der Waals surface area (Å²) in [5.41, 5.74) is 1.51. The van der Waals surface area contributed by atoms with Crippen molar-refractivity contribution >= 4 is 46.5 Å². The molecule has 4 N–H and O–H groups in total. The molecule has 0 aromatic heterocycles. The summed E-state index contributed by atoms with van der Waals surface area (Å²) in [4.78, 5) is 51.5. The van der Waals surface area contributed by atoms with Crippen molar-refractivity contribution in [3.05, 3.63) is 70.8 Å². The first-order chi connectivity index (χ1) is 18.8. The van der Waals surface area contributed by atoms with Crippen molar-refractivity contribution in [1.82, 2.24) is 0 Å². The second-order valence-electron chi connectivity index (χ2n) is 9.05. The molecule has 3 aromatic rings. The zero-order chi connectivity index (χ0) is 29.9. The zero-order valence-electron chi connectivity index (χ0n) is 22.5. The fourth-order valence-corrected chi connectivity index (χ4v) is 3.99. The maximum atomic E-state index is 13.0. The number of carbonyl (C=O) groups excluding carboxylic acids is 3. The van der Waals surface area contributed by atoms with Gasteiger partial charge in [-0.25, -0.2) is 4.79 Å². The smallest absolute Gasteiger partial charge is 0.337 e. The van der Waals surface area contributed by atoms with E-state index in [1.54, 1.807) is 25.2 Å². The summed E-state index contributed by atoms with van der Waals surface area (Å²) < 4.78 is 0. The van der Waals surface area contributed by atoms with Crippen LogP contribution in [0.3, 0.4) is 0 Å². The van der Waals surface area contributed by atoms with Crippen molar-refractivity contribution in [2.24, 2.45) is 0 Å². The van der Waals surface area contributed by atoms with E-state index < -0.39 is 23.3 Å². The molecule has 0 saturated carbocycles. The lowest BCUT2D eigenvalue weighted by Gasteiger charge is -2.23. The highest BCUT2D eigenvalue weighted by Gasteiger charge is 2.24. The quantitative estimate of drug-likeness (QED) is 0.328. The molecule has 0 spiro atoms. The Kier molecular flexibility index (Phi) is 8.35. The van der Waals surface area contributed by atoms with Crippen molar-refractivity contribution in [3.63, 3.8) is 0 Å². The van der Waals surface area contributed by atoms with Crippen LogP contribution in [-0.2, 0) is 14.4 Å². The van der Waals surface area contributed by atoms with Gasteiger partial charge in [-0.15, -0.1) is 0 Å². The molecule has 3 aromatic carbocycles. The minimum absolute atomic E-state index is 0.0758. The summed E-state index contributed by atoms with van der Waals surface area (Å²) in [6, 6.07) is 13.4. The van der Waals surface area contributed by atoms with Gasteiger partial charge in [0.2, 0.25) is 11.8 Å². The lowest BCUT2D eigenvalue weighted by Crippen LogP contribution is -2.26. The average molecular weight is 542 g/mol. The second kappa shape index (κ2) is 11.5. The molecule has 11 heteroatoms. The van der Waals surface area contributed by atoms with Gasteiger partial charge in [0.15, 0.2) is 0 Å². The molecule has 204 valence electrons. The summed E-state index contributed by atoms with van der Waals surface area (Å²) >= 11 is 0. The number of phenols is 1. The van der Waals surface area contributed by atoms with Crippen molar-refractivity contribution in [2.75, 3.05) is 29.2 Å².